The van der Waals surface area contributed by atoms with E-state index < -0.39 is 16.8 Å². The van der Waals surface area contributed by atoms with E-state index in [1.165, 1.54) is 0 Å². The van der Waals surface area contributed by atoms with Crippen LogP contribution in [0, 0.1) is 5.82 Å². The molecule has 0 spiro atoms. The van der Waals surface area contributed by atoms with E-state index >= 15 is 0 Å². The van der Waals surface area contributed by atoms with E-state index in [9.17, 15) is 17.6 Å². The fourth-order valence-corrected chi connectivity index (χ4v) is 2.29. The highest BCUT2D eigenvalue weighted by atomic mass is 79.9. The zero-order valence-corrected chi connectivity index (χ0v) is 11.6. The molecule has 0 aromatic heterocycles. The van der Waals surface area contributed by atoms with Gasteiger partial charge in [0.25, 0.3) is 6.43 Å². The molecule has 1 unspecified atom stereocenters. The largest absolute Gasteiger partial charge is 0.286 e. The van der Waals surface area contributed by atoms with E-state index in [0.717, 1.165) is 12.1 Å². The first-order valence-electron chi connectivity index (χ1n) is 3.57. The summed E-state index contributed by atoms with van der Waals surface area (Å²) in [7, 11) is 0. The molecule has 0 heterocycles. The minimum absolute atomic E-state index is 0.0889. The van der Waals surface area contributed by atoms with Crippen molar-refractivity contribution in [3.05, 3.63) is 32.5 Å². The summed E-state index contributed by atoms with van der Waals surface area (Å²) in [6.45, 7) is 0. The summed E-state index contributed by atoms with van der Waals surface area (Å²) in [5.74, 6) is -0.670. The predicted octanol–water partition coefficient (Wildman–Crippen LogP) is 5.13. The van der Waals surface area contributed by atoms with Gasteiger partial charge < -0.3 is 0 Å². The zero-order chi connectivity index (χ0) is 11.8. The molecular formula is C8H3Br3F4. The van der Waals surface area contributed by atoms with E-state index in [-0.39, 0.29) is 14.5 Å². The standard InChI is InChI=1S/C8H3Br3F4/c9-4-1-3(2-5(10)6(4)12)8(11,15)7(13)14/h1-2,7H. The number of halogens is 7. The lowest BCUT2D eigenvalue weighted by atomic mass is 10.1. The first kappa shape index (κ1) is 13.4. The third-order valence-electron chi connectivity index (χ3n) is 1.64. The third kappa shape index (κ3) is 2.74. The Bertz CT molecular complexity index is 355. The molecule has 1 atom stereocenters. The molecule has 15 heavy (non-hydrogen) atoms. The second kappa shape index (κ2) is 4.71. The topological polar surface area (TPSA) is 0 Å². The predicted molar refractivity (Wildman–Crippen MR) is 59.5 cm³/mol. The Morgan fingerprint density at radius 2 is 1.53 bits per heavy atom. The second-order valence-electron chi connectivity index (χ2n) is 2.68. The van der Waals surface area contributed by atoms with Crippen molar-refractivity contribution < 1.29 is 17.6 Å². The minimum atomic E-state index is -3.25. The quantitative estimate of drug-likeness (QED) is 0.357. The molecule has 1 aromatic carbocycles. The van der Waals surface area contributed by atoms with Gasteiger partial charge >= 0.3 is 0 Å². The lowest BCUT2D eigenvalue weighted by molar-refractivity contribution is 0.0300. The van der Waals surface area contributed by atoms with Gasteiger partial charge in [0, 0.05) is 5.56 Å². The van der Waals surface area contributed by atoms with Gasteiger partial charge in [0.15, 0.2) is 5.82 Å². The smallest absolute Gasteiger partial charge is 0.220 e. The van der Waals surface area contributed by atoms with Crippen LogP contribution in [0.2, 0.25) is 0 Å². The van der Waals surface area contributed by atoms with Crippen molar-refractivity contribution in [2.75, 3.05) is 0 Å². The average Bonchev–Trinajstić information content (AvgIpc) is 2.13. The van der Waals surface area contributed by atoms with Gasteiger partial charge in [0.05, 0.1) is 8.95 Å². The number of hydrogen-bond acceptors (Lipinski definition) is 0. The molecular weight excluding hydrogens is 412 g/mol. The summed E-state index contributed by atoms with van der Waals surface area (Å²) in [4.78, 5) is 0. The van der Waals surface area contributed by atoms with Crippen LogP contribution in [-0.4, -0.2) is 6.43 Å². The molecule has 0 amide bonds. The van der Waals surface area contributed by atoms with Gasteiger partial charge in [-0.15, -0.1) is 0 Å². The average molecular weight is 415 g/mol. The fourth-order valence-electron chi connectivity index (χ4n) is 0.874. The number of alkyl halides is 4. The first-order valence-corrected chi connectivity index (χ1v) is 5.95. The van der Waals surface area contributed by atoms with Crippen LogP contribution in [0.15, 0.2) is 21.1 Å². The Hall–Kier alpha value is 0.380. The Morgan fingerprint density at radius 3 is 1.87 bits per heavy atom. The number of benzene rings is 1. The van der Waals surface area contributed by atoms with Crippen LogP contribution in [0.5, 0.6) is 0 Å². The maximum Gasteiger partial charge on any atom is 0.286 e. The molecule has 0 saturated carbocycles. The Morgan fingerprint density at radius 1 is 1.13 bits per heavy atom. The van der Waals surface area contributed by atoms with Crippen LogP contribution in [0.4, 0.5) is 17.6 Å². The number of rotatable bonds is 2. The van der Waals surface area contributed by atoms with E-state index in [1.54, 1.807) is 0 Å². The summed E-state index contributed by atoms with van der Waals surface area (Å²) in [5.41, 5.74) is -0.363. The van der Waals surface area contributed by atoms with Crippen molar-refractivity contribution in [3.63, 3.8) is 0 Å². The van der Waals surface area contributed by atoms with Crippen LogP contribution in [0.25, 0.3) is 0 Å². The second-order valence-corrected chi connectivity index (χ2v) is 5.54. The van der Waals surface area contributed by atoms with Gasteiger partial charge in [-0.25, -0.2) is 17.6 Å². The molecule has 0 aliphatic heterocycles. The molecule has 1 rings (SSSR count). The van der Waals surface area contributed by atoms with Crippen LogP contribution < -0.4 is 0 Å². The molecule has 7 heteroatoms. The minimum Gasteiger partial charge on any atom is -0.220 e. The lowest BCUT2D eigenvalue weighted by Gasteiger charge is -2.18. The Balaban J connectivity index is 3.28. The van der Waals surface area contributed by atoms with Crippen molar-refractivity contribution in [2.24, 2.45) is 0 Å². The first-order chi connectivity index (χ1) is 6.76. The van der Waals surface area contributed by atoms with Crippen LogP contribution >= 0.6 is 47.8 Å². The Kier molecular flexibility index (Phi) is 4.22. The van der Waals surface area contributed by atoms with Crippen molar-refractivity contribution in [1.29, 1.82) is 0 Å². The zero-order valence-electron chi connectivity index (χ0n) is 6.88. The molecule has 1 aromatic rings. The molecule has 0 radical (unpaired) electrons. The highest BCUT2D eigenvalue weighted by molar-refractivity contribution is 9.11. The summed E-state index contributed by atoms with van der Waals surface area (Å²) in [6.07, 6.45) is -3.25. The summed E-state index contributed by atoms with van der Waals surface area (Å²) < 4.78 is 48.0. The van der Waals surface area contributed by atoms with Gasteiger partial charge in [-0.05, 0) is 59.9 Å². The highest BCUT2D eigenvalue weighted by Gasteiger charge is 2.40. The molecule has 0 aliphatic carbocycles. The van der Waals surface area contributed by atoms with Gasteiger partial charge in [-0.3, -0.25) is 0 Å². The van der Waals surface area contributed by atoms with Crippen molar-refractivity contribution in [1.82, 2.24) is 0 Å². The maximum absolute atomic E-state index is 13.4. The van der Waals surface area contributed by atoms with Gasteiger partial charge in [0.2, 0.25) is 4.58 Å². The van der Waals surface area contributed by atoms with E-state index in [4.69, 9.17) is 0 Å². The van der Waals surface area contributed by atoms with Crippen LogP contribution in [-0.2, 0) is 4.58 Å². The molecule has 0 saturated heterocycles. The highest BCUT2D eigenvalue weighted by Crippen LogP contribution is 2.41. The molecule has 0 fully saturated rings. The fraction of sp³-hybridized carbons (Fsp3) is 0.250. The van der Waals surface area contributed by atoms with Crippen molar-refractivity contribution in [3.8, 4) is 0 Å². The molecule has 0 aliphatic rings. The third-order valence-corrected chi connectivity index (χ3v) is 3.60. The van der Waals surface area contributed by atoms with Crippen molar-refractivity contribution >= 4 is 47.8 Å². The molecule has 0 nitrogen and oxygen atoms in total. The summed E-state index contributed by atoms with van der Waals surface area (Å²) in [5, 5.41) is 0. The SMILES string of the molecule is Fc1c(Br)cc(C(F)(Br)C(F)F)cc1Br. The maximum atomic E-state index is 13.4. The van der Waals surface area contributed by atoms with Gasteiger partial charge in [-0.1, -0.05) is 0 Å². The molecule has 0 bridgehead atoms. The number of hydrogen-bond donors (Lipinski definition) is 0. The summed E-state index contributed by atoms with van der Waals surface area (Å²) in [6, 6.07) is 1.92. The van der Waals surface area contributed by atoms with Crippen LogP contribution in [0.1, 0.15) is 5.56 Å². The monoisotopic (exact) mass is 412 g/mol. The van der Waals surface area contributed by atoms with Crippen LogP contribution in [0.3, 0.4) is 0 Å². The van der Waals surface area contributed by atoms with Gasteiger partial charge in [-0.2, -0.15) is 0 Å². The van der Waals surface area contributed by atoms with E-state index in [0.29, 0.717) is 0 Å². The van der Waals surface area contributed by atoms with E-state index in [1.807, 2.05) is 0 Å². The van der Waals surface area contributed by atoms with Gasteiger partial charge in [0.1, 0.15) is 0 Å². The van der Waals surface area contributed by atoms with E-state index in [2.05, 4.69) is 47.8 Å². The van der Waals surface area contributed by atoms with Crippen molar-refractivity contribution in [2.45, 2.75) is 11.0 Å². The summed E-state index contributed by atoms with van der Waals surface area (Å²) >= 11 is 7.87. The Labute approximate surface area is 108 Å². The molecule has 0 N–H and O–H groups in total. The normalized spacial score (nSPS) is 15.5. The molecule has 84 valence electrons. The lowest BCUT2D eigenvalue weighted by Crippen LogP contribution is -2.21.